The minimum atomic E-state index is -4.98. The zero-order valence-electron chi connectivity index (χ0n) is 15.5. The second-order valence-corrected chi connectivity index (χ2v) is 7.43. The SMILES string of the molecule is C=C(NC(=O)C(F)(F)F)c1ccc(C(=O)NC(CN2CCCC2)C2CC2)cc1. The lowest BCUT2D eigenvalue weighted by molar-refractivity contribution is -0.172. The quantitative estimate of drug-likeness (QED) is 0.746. The maximum Gasteiger partial charge on any atom is 0.471 e. The topological polar surface area (TPSA) is 61.4 Å². The van der Waals surface area contributed by atoms with Crippen LogP contribution in [0.4, 0.5) is 13.2 Å². The van der Waals surface area contributed by atoms with E-state index in [1.807, 2.05) is 0 Å². The smallest absolute Gasteiger partial charge is 0.348 e. The van der Waals surface area contributed by atoms with E-state index in [2.05, 4.69) is 16.8 Å². The number of carbonyl (C=O) groups excluding carboxylic acids is 2. The summed E-state index contributed by atoms with van der Waals surface area (Å²) in [6.07, 6.45) is -0.341. The van der Waals surface area contributed by atoms with Crippen molar-refractivity contribution in [2.75, 3.05) is 19.6 Å². The molecule has 1 unspecified atom stereocenters. The lowest BCUT2D eigenvalue weighted by Crippen LogP contribution is -2.44. The van der Waals surface area contributed by atoms with E-state index in [0.29, 0.717) is 17.0 Å². The Balaban J connectivity index is 1.58. The first-order valence-corrected chi connectivity index (χ1v) is 9.45. The van der Waals surface area contributed by atoms with Gasteiger partial charge in [-0.3, -0.25) is 9.59 Å². The van der Waals surface area contributed by atoms with Gasteiger partial charge in [-0.1, -0.05) is 18.7 Å². The van der Waals surface area contributed by atoms with Gasteiger partial charge in [-0.15, -0.1) is 0 Å². The molecular formula is C20H24F3N3O2. The first-order chi connectivity index (χ1) is 13.2. The maximum absolute atomic E-state index is 12.6. The van der Waals surface area contributed by atoms with Crippen molar-refractivity contribution in [2.24, 2.45) is 5.92 Å². The number of benzene rings is 1. The number of nitrogens with one attached hydrogen (secondary N) is 2. The largest absolute Gasteiger partial charge is 0.471 e. The highest BCUT2D eigenvalue weighted by Crippen LogP contribution is 2.33. The molecule has 1 aromatic rings. The molecule has 2 N–H and O–H groups in total. The molecule has 28 heavy (non-hydrogen) atoms. The number of halogens is 3. The van der Waals surface area contributed by atoms with Crippen LogP contribution >= 0.6 is 0 Å². The number of nitrogens with zero attached hydrogens (tertiary/aromatic N) is 1. The molecule has 5 nitrogen and oxygen atoms in total. The van der Waals surface area contributed by atoms with Gasteiger partial charge in [-0.25, -0.2) is 0 Å². The average molecular weight is 395 g/mol. The van der Waals surface area contributed by atoms with Crippen LogP contribution in [0.25, 0.3) is 5.70 Å². The summed E-state index contributed by atoms with van der Waals surface area (Å²) in [6, 6.07) is 6.11. The van der Waals surface area contributed by atoms with Gasteiger partial charge in [0.15, 0.2) is 0 Å². The molecule has 1 aromatic carbocycles. The molecule has 1 saturated carbocycles. The lowest BCUT2D eigenvalue weighted by Gasteiger charge is -2.24. The van der Waals surface area contributed by atoms with Crippen LogP contribution in [-0.4, -0.2) is 48.6 Å². The predicted octanol–water partition coefficient (Wildman–Crippen LogP) is 2.94. The summed E-state index contributed by atoms with van der Waals surface area (Å²) in [5.74, 6) is -1.76. The first-order valence-electron chi connectivity index (χ1n) is 9.45. The summed E-state index contributed by atoms with van der Waals surface area (Å²) >= 11 is 0. The normalized spacial score (nSPS) is 18.5. The molecule has 0 bridgehead atoms. The molecule has 2 amide bonds. The van der Waals surface area contributed by atoms with E-state index in [-0.39, 0.29) is 17.6 Å². The number of carbonyl (C=O) groups is 2. The monoisotopic (exact) mass is 395 g/mol. The average Bonchev–Trinajstić information content (AvgIpc) is 3.37. The van der Waals surface area contributed by atoms with Crippen molar-refractivity contribution in [3.8, 4) is 0 Å². The van der Waals surface area contributed by atoms with Crippen LogP contribution in [0.15, 0.2) is 30.8 Å². The summed E-state index contributed by atoms with van der Waals surface area (Å²) in [7, 11) is 0. The second-order valence-electron chi connectivity index (χ2n) is 7.43. The minimum Gasteiger partial charge on any atom is -0.348 e. The third kappa shape index (κ3) is 5.34. The Kier molecular flexibility index (Phi) is 6.07. The van der Waals surface area contributed by atoms with Gasteiger partial charge in [0.2, 0.25) is 0 Å². The molecule has 0 radical (unpaired) electrons. The third-order valence-corrected chi connectivity index (χ3v) is 5.18. The predicted molar refractivity (Wildman–Crippen MR) is 99.3 cm³/mol. The number of likely N-dealkylation sites (tertiary alicyclic amines) is 1. The fourth-order valence-electron chi connectivity index (χ4n) is 3.41. The van der Waals surface area contributed by atoms with E-state index < -0.39 is 12.1 Å². The second kappa shape index (κ2) is 8.34. The fourth-order valence-corrected chi connectivity index (χ4v) is 3.41. The highest BCUT2D eigenvalue weighted by atomic mass is 19.4. The van der Waals surface area contributed by atoms with Gasteiger partial charge < -0.3 is 15.5 Å². The lowest BCUT2D eigenvalue weighted by atomic mass is 10.1. The van der Waals surface area contributed by atoms with Gasteiger partial charge in [0.1, 0.15) is 0 Å². The van der Waals surface area contributed by atoms with Crippen molar-refractivity contribution in [1.29, 1.82) is 0 Å². The number of hydrogen-bond donors (Lipinski definition) is 2. The molecule has 3 rings (SSSR count). The van der Waals surface area contributed by atoms with Crippen molar-refractivity contribution < 1.29 is 22.8 Å². The fraction of sp³-hybridized carbons (Fsp3) is 0.500. The van der Waals surface area contributed by atoms with Crippen LogP contribution in [-0.2, 0) is 4.79 Å². The molecule has 2 fully saturated rings. The zero-order chi connectivity index (χ0) is 20.3. The van der Waals surface area contributed by atoms with Crippen molar-refractivity contribution >= 4 is 17.5 Å². The van der Waals surface area contributed by atoms with Crippen molar-refractivity contribution in [3.05, 3.63) is 42.0 Å². The van der Waals surface area contributed by atoms with Crippen LogP contribution in [0.5, 0.6) is 0 Å². The van der Waals surface area contributed by atoms with E-state index >= 15 is 0 Å². The van der Waals surface area contributed by atoms with E-state index in [9.17, 15) is 22.8 Å². The summed E-state index contributed by atoms with van der Waals surface area (Å²) in [6.45, 7) is 6.45. The Morgan fingerprint density at radius 2 is 1.68 bits per heavy atom. The van der Waals surface area contributed by atoms with Crippen molar-refractivity contribution in [2.45, 2.75) is 37.9 Å². The van der Waals surface area contributed by atoms with Crippen LogP contribution < -0.4 is 10.6 Å². The molecule has 152 valence electrons. The number of rotatable bonds is 7. The molecule has 1 saturated heterocycles. The molecule has 1 aliphatic heterocycles. The van der Waals surface area contributed by atoms with Gasteiger partial charge in [-0.05, 0) is 62.4 Å². The van der Waals surface area contributed by atoms with Crippen LogP contribution in [0.2, 0.25) is 0 Å². The molecule has 1 heterocycles. The van der Waals surface area contributed by atoms with E-state index in [1.54, 1.807) is 5.32 Å². The molecule has 2 aliphatic rings. The van der Waals surface area contributed by atoms with E-state index in [0.717, 1.165) is 32.5 Å². The Bertz CT molecular complexity index is 736. The highest BCUT2D eigenvalue weighted by Gasteiger charge is 2.39. The molecular weight excluding hydrogens is 371 g/mol. The Morgan fingerprint density at radius 1 is 1.11 bits per heavy atom. The van der Waals surface area contributed by atoms with Crippen LogP contribution in [0, 0.1) is 5.92 Å². The number of amides is 2. The molecule has 8 heteroatoms. The Hall–Kier alpha value is -2.35. The summed E-state index contributed by atoms with van der Waals surface area (Å²) in [5, 5.41) is 4.82. The highest BCUT2D eigenvalue weighted by molar-refractivity contribution is 5.95. The molecule has 1 aliphatic carbocycles. The molecule has 0 aromatic heterocycles. The minimum absolute atomic E-state index is 0.117. The van der Waals surface area contributed by atoms with Crippen molar-refractivity contribution in [1.82, 2.24) is 15.5 Å². The summed E-state index contributed by atoms with van der Waals surface area (Å²) in [5.41, 5.74) is 0.565. The Morgan fingerprint density at radius 3 is 2.21 bits per heavy atom. The van der Waals surface area contributed by atoms with Gasteiger partial charge in [0, 0.05) is 23.8 Å². The van der Waals surface area contributed by atoms with Crippen molar-refractivity contribution in [3.63, 3.8) is 0 Å². The van der Waals surface area contributed by atoms with Gasteiger partial charge in [-0.2, -0.15) is 13.2 Å². The van der Waals surface area contributed by atoms with Gasteiger partial charge >= 0.3 is 12.1 Å². The van der Waals surface area contributed by atoms with E-state index in [4.69, 9.17) is 0 Å². The third-order valence-electron chi connectivity index (χ3n) is 5.18. The maximum atomic E-state index is 12.6. The number of alkyl halides is 3. The van der Waals surface area contributed by atoms with E-state index in [1.165, 1.54) is 37.1 Å². The standard InChI is InChI=1S/C20H24F3N3O2/c1-13(24-19(28)20(21,22)23)14-4-8-16(9-5-14)18(27)25-17(15-6-7-15)12-26-10-2-3-11-26/h4-5,8-9,15,17H,1-3,6-7,10-12H2,(H,24,28)(H,25,27). The zero-order valence-corrected chi connectivity index (χ0v) is 15.5. The van der Waals surface area contributed by atoms with Crippen LogP contribution in [0.3, 0.4) is 0 Å². The van der Waals surface area contributed by atoms with Gasteiger partial charge in [0.05, 0.1) is 0 Å². The summed E-state index contributed by atoms with van der Waals surface area (Å²) in [4.78, 5) is 25.9. The Labute approximate surface area is 162 Å². The first kappa shape index (κ1) is 20.4. The molecule has 1 atom stereocenters. The van der Waals surface area contributed by atoms with Crippen LogP contribution in [0.1, 0.15) is 41.6 Å². The van der Waals surface area contributed by atoms with Gasteiger partial charge in [0.25, 0.3) is 5.91 Å². The molecule has 0 spiro atoms. The number of hydrogen-bond acceptors (Lipinski definition) is 3. The summed E-state index contributed by atoms with van der Waals surface area (Å²) < 4.78 is 37.0.